The first kappa shape index (κ1) is 17.0. The number of hydrogen-bond acceptors (Lipinski definition) is 2. The first-order valence-corrected chi connectivity index (χ1v) is 9.73. The molecule has 1 aromatic heterocycles. The van der Waals surface area contributed by atoms with Crippen LogP contribution in [0.5, 0.6) is 0 Å². The standard InChI is InChI=1S/C23H15BrN2O2/c24-20-13-15-14-21(27)26(23(28)22(15)19-6-2-1-5-18(19)20)17-9-7-16(8-10-17)25-11-3-4-12-25/h1-13H,14H2. The zero-order chi connectivity index (χ0) is 19.3. The van der Waals surface area contributed by atoms with Gasteiger partial charge in [0.1, 0.15) is 0 Å². The van der Waals surface area contributed by atoms with E-state index in [9.17, 15) is 9.59 Å². The minimum atomic E-state index is -0.274. The van der Waals surface area contributed by atoms with Crippen molar-refractivity contribution in [2.75, 3.05) is 4.90 Å². The van der Waals surface area contributed by atoms with E-state index >= 15 is 0 Å². The van der Waals surface area contributed by atoms with Gasteiger partial charge in [-0.3, -0.25) is 9.59 Å². The molecule has 4 aromatic rings. The summed E-state index contributed by atoms with van der Waals surface area (Å²) in [5.41, 5.74) is 2.93. The van der Waals surface area contributed by atoms with Crippen molar-refractivity contribution in [1.82, 2.24) is 4.57 Å². The van der Waals surface area contributed by atoms with E-state index in [1.165, 1.54) is 4.90 Å². The molecule has 5 heteroatoms. The lowest BCUT2D eigenvalue weighted by atomic mass is 9.92. The zero-order valence-corrected chi connectivity index (χ0v) is 16.4. The molecule has 0 saturated carbocycles. The molecule has 0 atom stereocenters. The van der Waals surface area contributed by atoms with Gasteiger partial charge in [0.2, 0.25) is 5.91 Å². The molecule has 0 unspecified atom stereocenters. The summed E-state index contributed by atoms with van der Waals surface area (Å²) in [5.74, 6) is -0.489. The van der Waals surface area contributed by atoms with Crippen LogP contribution in [0.25, 0.3) is 16.5 Å². The normalized spacial score (nSPS) is 13.8. The summed E-state index contributed by atoms with van der Waals surface area (Å²) >= 11 is 3.56. The largest absolute Gasteiger partial charge is 0.324 e. The highest BCUT2D eigenvalue weighted by atomic mass is 79.9. The van der Waals surface area contributed by atoms with Gasteiger partial charge in [-0.1, -0.05) is 40.2 Å². The number of halogens is 1. The maximum Gasteiger partial charge on any atom is 0.265 e. The lowest BCUT2D eigenvalue weighted by Crippen LogP contribution is -2.42. The number of rotatable bonds is 2. The van der Waals surface area contributed by atoms with Gasteiger partial charge < -0.3 is 4.57 Å². The second-order valence-electron chi connectivity index (χ2n) is 6.76. The summed E-state index contributed by atoms with van der Waals surface area (Å²) in [7, 11) is 0. The van der Waals surface area contributed by atoms with Gasteiger partial charge in [0.25, 0.3) is 5.91 Å². The monoisotopic (exact) mass is 430 g/mol. The molecule has 2 amide bonds. The minimum Gasteiger partial charge on any atom is -0.324 e. The molecule has 136 valence electrons. The van der Waals surface area contributed by atoms with E-state index in [2.05, 4.69) is 15.9 Å². The number of aromatic nitrogens is 1. The van der Waals surface area contributed by atoms with Crippen molar-refractivity contribution in [2.24, 2.45) is 0 Å². The van der Waals surface area contributed by atoms with E-state index in [1.807, 2.05) is 83.7 Å². The Labute approximate surface area is 170 Å². The Morgan fingerprint density at radius 2 is 1.43 bits per heavy atom. The Morgan fingerprint density at radius 1 is 0.786 bits per heavy atom. The first-order valence-electron chi connectivity index (χ1n) is 8.94. The van der Waals surface area contributed by atoms with Gasteiger partial charge in [-0.05, 0) is 58.8 Å². The second-order valence-corrected chi connectivity index (χ2v) is 7.61. The van der Waals surface area contributed by atoms with Crippen LogP contribution in [-0.4, -0.2) is 16.4 Å². The van der Waals surface area contributed by atoms with E-state index in [0.29, 0.717) is 11.3 Å². The van der Waals surface area contributed by atoms with Gasteiger partial charge in [0.15, 0.2) is 0 Å². The fourth-order valence-corrected chi connectivity index (χ4v) is 4.41. The van der Waals surface area contributed by atoms with Crippen LogP contribution < -0.4 is 4.90 Å². The summed E-state index contributed by atoms with van der Waals surface area (Å²) in [4.78, 5) is 27.5. The third kappa shape index (κ3) is 2.59. The predicted molar refractivity (Wildman–Crippen MR) is 113 cm³/mol. The highest BCUT2D eigenvalue weighted by Gasteiger charge is 2.34. The van der Waals surface area contributed by atoms with Crippen molar-refractivity contribution < 1.29 is 9.59 Å². The lowest BCUT2D eigenvalue weighted by Gasteiger charge is -2.28. The highest BCUT2D eigenvalue weighted by Crippen LogP contribution is 2.35. The molecule has 28 heavy (non-hydrogen) atoms. The van der Waals surface area contributed by atoms with Crippen molar-refractivity contribution in [1.29, 1.82) is 0 Å². The van der Waals surface area contributed by atoms with E-state index in [-0.39, 0.29) is 18.2 Å². The quantitative estimate of drug-likeness (QED) is 0.414. The topological polar surface area (TPSA) is 42.3 Å². The number of amides is 2. The van der Waals surface area contributed by atoms with Crippen molar-refractivity contribution in [3.05, 3.63) is 94.7 Å². The van der Waals surface area contributed by atoms with Crippen molar-refractivity contribution in [3.63, 3.8) is 0 Å². The van der Waals surface area contributed by atoms with E-state index in [4.69, 9.17) is 0 Å². The predicted octanol–water partition coefficient (Wildman–Crippen LogP) is 5.12. The Hall–Kier alpha value is -3.18. The fraction of sp³-hybridized carbons (Fsp3) is 0.0435. The van der Waals surface area contributed by atoms with Gasteiger partial charge >= 0.3 is 0 Å². The maximum atomic E-state index is 13.4. The second kappa shape index (κ2) is 6.46. The first-order chi connectivity index (χ1) is 13.6. The number of carbonyl (C=O) groups excluding carboxylic acids is 2. The van der Waals surface area contributed by atoms with Crippen LogP contribution in [-0.2, 0) is 11.2 Å². The molecule has 0 bridgehead atoms. The molecule has 0 N–H and O–H groups in total. The summed E-state index contributed by atoms with van der Waals surface area (Å²) < 4.78 is 2.87. The van der Waals surface area contributed by atoms with Crippen LogP contribution in [0, 0.1) is 0 Å². The number of benzene rings is 3. The Kier molecular flexibility index (Phi) is 3.91. The minimum absolute atomic E-state index is 0.198. The zero-order valence-electron chi connectivity index (χ0n) is 14.8. The number of imide groups is 1. The van der Waals surface area contributed by atoms with Crippen LogP contribution in [0.15, 0.2) is 83.6 Å². The number of nitrogens with zero attached hydrogens (tertiary/aromatic N) is 2. The molecule has 3 aromatic carbocycles. The molecular weight excluding hydrogens is 416 g/mol. The van der Waals surface area contributed by atoms with Crippen molar-refractivity contribution in [2.45, 2.75) is 6.42 Å². The number of anilines is 1. The van der Waals surface area contributed by atoms with E-state index in [1.54, 1.807) is 0 Å². The molecule has 0 spiro atoms. The average molecular weight is 431 g/mol. The van der Waals surface area contributed by atoms with Gasteiger partial charge in [-0.15, -0.1) is 0 Å². The lowest BCUT2D eigenvalue weighted by molar-refractivity contribution is -0.117. The maximum absolute atomic E-state index is 13.4. The molecular formula is C23H15BrN2O2. The van der Waals surface area contributed by atoms with Crippen LogP contribution in [0.1, 0.15) is 15.9 Å². The number of fused-ring (bicyclic) bond motifs is 3. The molecule has 0 radical (unpaired) electrons. The van der Waals surface area contributed by atoms with Crippen molar-refractivity contribution in [3.8, 4) is 5.69 Å². The molecule has 0 fully saturated rings. The average Bonchev–Trinajstić information content (AvgIpc) is 3.23. The van der Waals surface area contributed by atoms with Crippen LogP contribution in [0.3, 0.4) is 0 Å². The Bertz CT molecular complexity index is 1230. The van der Waals surface area contributed by atoms with Gasteiger partial charge in [0, 0.05) is 22.6 Å². The van der Waals surface area contributed by atoms with E-state index in [0.717, 1.165) is 26.5 Å². The van der Waals surface area contributed by atoms with Crippen LogP contribution in [0.4, 0.5) is 5.69 Å². The Balaban J connectivity index is 1.61. The SMILES string of the molecule is O=C1Cc2cc(Br)c3ccccc3c2C(=O)N1c1ccc(-n2cccc2)cc1. The van der Waals surface area contributed by atoms with E-state index < -0.39 is 0 Å². The summed E-state index contributed by atoms with van der Waals surface area (Å²) in [6, 6.07) is 21.0. The van der Waals surface area contributed by atoms with Crippen LogP contribution >= 0.6 is 15.9 Å². The molecule has 4 nitrogen and oxygen atoms in total. The van der Waals surface area contributed by atoms with Crippen LogP contribution in [0.2, 0.25) is 0 Å². The summed E-state index contributed by atoms with van der Waals surface area (Å²) in [6.07, 6.45) is 4.10. The third-order valence-electron chi connectivity index (χ3n) is 5.09. The molecule has 1 aliphatic heterocycles. The number of carbonyl (C=O) groups is 2. The fourth-order valence-electron chi connectivity index (χ4n) is 3.79. The number of hydrogen-bond donors (Lipinski definition) is 0. The molecule has 0 aliphatic carbocycles. The highest BCUT2D eigenvalue weighted by molar-refractivity contribution is 9.10. The summed E-state index contributed by atoms with van der Waals surface area (Å²) in [6.45, 7) is 0. The van der Waals surface area contributed by atoms with Gasteiger partial charge in [0.05, 0.1) is 17.7 Å². The molecule has 5 rings (SSSR count). The van der Waals surface area contributed by atoms with Crippen molar-refractivity contribution >= 4 is 44.2 Å². The van der Waals surface area contributed by atoms with Gasteiger partial charge in [-0.25, -0.2) is 4.90 Å². The molecule has 0 saturated heterocycles. The third-order valence-corrected chi connectivity index (χ3v) is 5.75. The van der Waals surface area contributed by atoms with Gasteiger partial charge in [-0.2, -0.15) is 0 Å². The Morgan fingerprint density at radius 3 is 2.14 bits per heavy atom. The molecule has 2 heterocycles. The molecule has 1 aliphatic rings. The summed E-state index contributed by atoms with van der Waals surface area (Å²) in [5, 5.41) is 1.82. The smallest absolute Gasteiger partial charge is 0.265 e.